The van der Waals surface area contributed by atoms with Crippen molar-refractivity contribution in [3.63, 3.8) is 0 Å². The molecule has 8 heteroatoms. The van der Waals surface area contributed by atoms with Crippen LogP contribution in [0.15, 0.2) is 62.5 Å². The zero-order valence-electron chi connectivity index (χ0n) is 12.7. The van der Waals surface area contributed by atoms with Gasteiger partial charge in [0.2, 0.25) is 5.76 Å². The normalized spacial score (nSPS) is 11.0. The van der Waals surface area contributed by atoms with Crippen LogP contribution in [0.25, 0.3) is 22.3 Å². The molecule has 25 heavy (non-hydrogen) atoms. The molecule has 0 saturated carbocycles. The monoisotopic (exact) mass is 337 g/mol. The Morgan fingerprint density at radius 2 is 1.92 bits per heavy atom. The standard InChI is InChI=1S/C17H11N3O5/c21-16-12-5-2-1-4-11(12)15(17(22)23)18-20(16)9-10-8-14(25-19-10)13-6-3-7-24-13/h1-8H,9H2,(H,22,23). The second-order valence-corrected chi connectivity index (χ2v) is 5.32. The number of aromatic carboxylic acids is 1. The van der Waals surface area contributed by atoms with E-state index in [0.717, 1.165) is 4.68 Å². The molecule has 4 rings (SSSR count). The molecule has 0 fully saturated rings. The van der Waals surface area contributed by atoms with Gasteiger partial charge >= 0.3 is 5.97 Å². The lowest BCUT2D eigenvalue weighted by atomic mass is 10.1. The Hall–Kier alpha value is -3.68. The number of furan rings is 1. The highest BCUT2D eigenvalue weighted by atomic mass is 16.5. The van der Waals surface area contributed by atoms with Crippen molar-refractivity contribution in [2.75, 3.05) is 0 Å². The summed E-state index contributed by atoms with van der Waals surface area (Å²) in [6.45, 7) is -0.0197. The molecular formula is C17H11N3O5. The molecule has 4 aromatic rings. The van der Waals surface area contributed by atoms with E-state index in [1.54, 1.807) is 42.5 Å². The summed E-state index contributed by atoms with van der Waals surface area (Å²) in [5.41, 5.74) is -0.166. The molecule has 0 spiro atoms. The maximum Gasteiger partial charge on any atom is 0.357 e. The zero-order chi connectivity index (χ0) is 17.4. The predicted octanol–water partition coefficient (Wildman–Crippen LogP) is 2.39. The lowest BCUT2D eigenvalue weighted by Gasteiger charge is -2.07. The number of fused-ring (bicyclic) bond motifs is 1. The SMILES string of the molecule is O=C(O)c1nn(Cc2cc(-c3ccco3)on2)c(=O)c2ccccc12. The average molecular weight is 337 g/mol. The number of benzene rings is 1. The van der Waals surface area contributed by atoms with Crippen LogP contribution in [0.5, 0.6) is 0 Å². The van der Waals surface area contributed by atoms with Crippen molar-refractivity contribution in [1.82, 2.24) is 14.9 Å². The summed E-state index contributed by atoms with van der Waals surface area (Å²) in [6, 6.07) is 11.5. The Kier molecular flexibility index (Phi) is 3.42. The Bertz CT molecular complexity index is 1120. The van der Waals surface area contributed by atoms with Gasteiger partial charge in [0.1, 0.15) is 5.69 Å². The second-order valence-electron chi connectivity index (χ2n) is 5.32. The molecule has 0 unspecified atom stereocenters. The smallest absolute Gasteiger partial charge is 0.357 e. The topological polar surface area (TPSA) is 111 Å². The fourth-order valence-electron chi connectivity index (χ4n) is 2.57. The van der Waals surface area contributed by atoms with Crippen LogP contribution in [0.3, 0.4) is 0 Å². The number of carboxylic acid groups (broad SMARTS) is 1. The van der Waals surface area contributed by atoms with E-state index in [9.17, 15) is 14.7 Å². The quantitative estimate of drug-likeness (QED) is 0.608. The molecule has 0 aliphatic carbocycles. The van der Waals surface area contributed by atoms with E-state index in [4.69, 9.17) is 8.94 Å². The van der Waals surface area contributed by atoms with Crippen molar-refractivity contribution < 1.29 is 18.8 Å². The van der Waals surface area contributed by atoms with Crippen LogP contribution in [-0.4, -0.2) is 26.0 Å². The van der Waals surface area contributed by atoms with Gasteiger partial charge in [-0.15, -0.1) is 0 Å². The van der Waals surface area contributed by atoms with E-state index in [1.165, 1.54) is 6.26 Å². The van der Waals surface area contributed by atoms with Gasteiger partial charge in [0, 0.05) is 11.5 Å². The third kappa shape index (κ3) is 2.59. The molecule has 3 aromatic heterocycles. The molecule has 0 amide bonds. The van der Waals surface area contributed by atoms with Crippen LogP contribution < -0.4 is 5.56 Å². The Morgan fingerprint density at radius 3 is 2.64 bits per heavy atom. The van der Waals surface area contributed by atoms with Gasteiger partial charge in [0.25, 0.3) is 5.56 Å². The lowest BCUT2D eigenvalue weighted by Crippen LogP contribution is -2.26. The minimum Gasteiger partial charge on any atom is -0.476 e. The number of carboxylic acids is 1. The van der Waals surface area contributed by atoms with E-state index in [2.05, 4.69) is 10.3 Å². The van der Waals surface area contributed by atoms with Crippen LogP contribution in [0.4, 0.5) is 0 Å². The highest BCUT2D eigenvalue weighted by Crippen LogP contribution is 2.21. The summed E-state index contributed by atoms with van der Waals surface area (Å²) in [5, 5.41) is 17.8. The Balaban J connectivity index is 1.78. The molecule has 1 N–H and O–H groups in total. The highest BCUT2D eigenvalue weighted by molar-refractivity contribution is 6.01. The molecule has 124 valence electrons. The summed E-state index contributed by atoms with van der Waals surface area (Å²) in [5.74, 6) is -0.294. The third-order valence-corrected chi connectivity index (χ3v) is 3.71. The Morgan fingerprint density at radius 1 is 1.12 bits per heavy atom. The van der Waals surface area contributed by atoms with Gasteiger partial charge in [-0.2, -0.15) is 5.10 Å². The van der Waals surface area contributed by atoms with Crippen molar-refractivity contribution in [1.29, 1.82) is 0 Å². The largest absolute Gasteiger partial charge is 0.476 e. The van der Waals surface area contributed by atoms with Gasteiger partial charge in [-0.1, -0.05) is 23.4 Å². The first-order valence-electron chi connectivity index (χ1n) is 7.36. The van der Waals surface area contributed by atoms with Crippen molar-refractivity contribution in [2.24, 2.45) is 0 Å². The number of carbonyl (C=O) groups is 1. The maximum atomic E-state index is 12.6. The van der Waals surface area contributed by atoms with E-state index in [1.807, 2.05) is 0 Å². The molecular weight excluding hydrogens is 326 g/mol. The first kappa shape index (κ1) is 14.9. The minimum absolute atomic E-state index is 0.0197. The van der Waals surface area contributed by atoms with E-state index >= 15 is 0 Å². The third-order valence-electron chi connectivity index (χ3n) is 3.71. The molecule has 0 bridgehead atoms. The van der Waals surface area contributed by atoms with Gasteiger partial charge in [-0.05, 0) is 18.2 Å². The second kappa shape index (κ2) is 5.75. The van der Waals surface area contributed by atoms with Crippen LogP contribution in [0.1, 0.15) is 16.2 Å². The molecule has 0 aliphatic rings. The molecule has 1 aromatic carbocycles. The zero-order valence-corrected chi connectivity index (χ0v) is 12.7. The van der Waals surface area contributed by atoms with Crippen molar-refractivity contribution in [3.8, 4) is 11.5 Å². The predicted molar refractivity (Wildman–Crippen MR) is 86.3 cm³/mol. The van der Waals surface area contributed by atoms with Crippen LogP contribution in [0, 0.1) is 0 Å². The summed E-state index contributed by atoms with van der Waals surface area (Å²) >= 11 is 0. The number of hydrogen-bond acceptors (Lipinski definition) is 6. The number of hydrogen-bond donors (Lipinski definition) is 1. The van der Waals surface area contributed by atoms with Crippen LogP contribution in [-0.2, 0) is 6.54 Å². The van der Waals surface area contributed by atoms with Gasteiger partial charge < -0.3 is 14.0 Å². The summed E-state index contributed by atoms with van der Waals surface area (Å²) in [7, 11) is 0. The Labute approximate surface area is 139 Å². The fraction of sp³-hybridized carbons (Fsp3) is 0.0588. The van der Waals surface area contributed by atoms with E-state index in [0.29, 0.717) is 22.6 Å². The van der Waals surface area contributed by atoms with Crippen molar-refractivity contribution in [3.05, 3.63) is 70.5 Å². The first-order chi connectivity index (χ1) is 12.1. The van der Waals surface area contributed by atoms with Crippen LogP contribution >= 0.6 is 0 Å². The van der Waals surface area contributed by atoms with E-state index in [-0.39, 0.29) is 17.6 Å². The van der Waals surface area contributed by atoms with Crippen molar-refractivity contribution in [2.45, 2.75) is 6.54 Å². The van der Waals surface area contributed by atoms with Gasteiger partial charge in [0.05, 0.1) is 18.2 Å². The fourth-order valence-corrected chi connectivity index (χ4v) is 2.57. The highest BCUT2D eigenvalue weighted by Gasteiger charge is 2.17. The molecule has 0 radical (unpaired) electrons. The molecule has 0 aliphatic heterocycles. The summed E-state index contributed by atoms with van der Waals surface area (Å²) in [6.07, 6.45) is 1.51. The summed E-state index contributed by atoms with van der Waals surface area (Å²) in [4.78, 5) is 24.0. The van der Waals surface area contributed by atoms with Gasteiger partial charge in [-0.3, -0.25) is 4.79 Å². The number of rotatable bonds is 4. The maximum absolute atomic E-state index is 12.6. The molecule has 0 atom stereocenters. The van der Waals surface area contributed by atoms with Crippen LogP contribution in [0.2, 0.25) is 0 Å². The molecule has 0 saturated heterocycles. The molecule has 3 heterocycles. The first-order valence-corrected chi connectivity index (χ1v) is 7.36. The number of aromatic nitrogens is 3. The average Bonchev–Trinajstić information content (AvgIpc) is 3.28. The summed E-state index contributed by atoms with van der Waals surface area (Å²) < 4.78 is 11.5. The van der Waals surface area contributed by atoms with Gasteiger partial charge in [-0.25, -0.2) is 9.48 Å². The minimum atomic E-state index is -1.21. The van der Waals surface area contributed by atoms with E-state index < -0.39 is 11.5 Å². The lowest BCUT2D eigenvalue weighted by molar-refractivity contribution is 0.0690. The molecule has 8 nitrogen and oxygen atoms in total. The van der Waals surface area contributed by atoms with Gasteiger partial charge in [0.15, 0.2) is 11.5 Å². The van der Waals surface area contributed by atoms with Crippen molar-refractivity contribution >= 4 is 16.7 Å². The number of nitrogens with zero attached hydrogens (tertiary/aromatic N) is 3.